The number of Topliss-reactive ketones (excluding diaryl/α,β-unsaturated/α-hetero) is 1. The van der Waals surface area contributed by atoms with E-state index in [1.165, 1.54) is 6.92 Å². The molecule has 0 spiro atoms. The summed E-state index contributed by atoms with van der Waals surface area (Å²) in [5.41, 5.74) is 0.939. The van der Waals surface area contributed by atoms with E-state index >= 15 is 0 Å². The lowest BCUT2D eigenvalue weighted by molar-refractivity contribution is -0.124. The third kappa shape index (κ3) is 11.1. The second-order valence-electron chi connectivity index (χ2n) is 6.43. The van der Waals surface area contributed by atoms with E-state index in [2.05, 4.69) is 11.9 Å². The summed E-state index contributed by atoms with van der Waals surface area (Å²) in [5.74, 6) is -0.352. The highest BCUT2D eigenvalue weighted by atomic mass is 16.7. The molecule has 0 saturated carbocycles. The molecule has 1 rings (SSSR count). The lowest BCUT2D eigenvalue weighted by Crippen LogP contribution is -2.14. The summed E-state index contributed by atoms with van der Waals surface area (Å²) in [5, 5.41) is 2.60. The van der Waals surface area contributed by atoms with Crippen molar-refractivity contribution in [2.45, 2.75) is 46.0 Å². The zero-order chi connectivity index (χ0) is 20.8. The number of hydrogen-bond acceptors (Lipinski definition) is 6. The van der Waals surface area contributed by atoms with E-state index in [1.807, 2.05) is 0 Å². The van der Waals surface area contributed by atoms with E-state index in [0.717, 1.165) is 25.7 Å². The van der Waals surface area contributed by atoms with Crippen molar-refractivity contribution in [1.29, 1.82) is 0 Å². The fraction of sp³-hybridized carbons (Fsp3) is 0.476. The number of carbonyl (C=O) groups is 3. The lowest BCUT2D eigenvalue weighted by Gasteiger charge is -2.07. The first kappa shape index (κ1) is 23.4. The molecule has 0 aliphatic rings. The molecule has 1 N–H and O–H groups in total. The Morgan fingerprint density at radius 3 is 2.18 bits per heavy atom. The van der Waals surface area contributed by atoms with Gasteiger partial charge in [0.1, 0.15) is 5.78 Å². The van der Waals surface area contributed by atoms with Crippen LogP contribution in [0, 0.1) is 0 Å². The van der Waals surface area contributed by atoms with Gasteiger partial charge in [-0.2, -0.15) is 0 Å². The van der Waals surface area contributed by atoms with Crippen LogP contribution < -0.4 is 5.32 Å². The number of nitrogens with one attached hydrogen (secondary N) is 1. The molecule has 7 nitrogen and oxygen atoms in total. The van der Waals surface area contributed by atoms with E-state index in [0.29, 0.717) is 30.2 Å². The molecule has 0 saturated heterocycles. The van der Waals surface area contributed by atoms with Gasteiger partial charge in [-0.05, 0) is 57.4 Å². The Kier molecular flexibility index (Phi) is 11.3. The maximum absolute atomic E-state index is 12.0. The second-order valence-corrected chi connectivity index (χ2v) is 6.43. The molecule has 0 radical (unpaired) electrons. The molecule has 7 heteroatoms. The number of rotatable bonds is 14. The summed E-state index contributed by atoms with van der Waals surface area (Å²) in [6.45, 7) is 7.95. The molecule has 28 heavy (non-hydrogen) atoms. The van der Waals surface area contributed by atoms with Crippen LogP contribution in [0.3, 0.4) is 0 Å². The van der Waals surface area contributed by atoms with Crippen LogP contribution in [0.15, 0.2) is 36.6 Å². The van der Waals surface area contributed by atoms with Crippen LogP contribution in [0.25, 0.3) is 0 Å². The van der Waals surface area contributed by atoms with Crippen LogP contribution in [0.1, 0.15) is 56.3 Å². The van der Waals surface area contributed by atoms with E-state index in [1.54, 1.807) is 31.2 Å². The quantitative estimate of drug-likeness (QED) is 0.170. The first-order chi connectivity index (χ1) is 13.4. The van der Waals surface area contributed by atoms with Gasteiger partial charge in [0, 0.05) is 5.69 Å². The smallest absolute Gasteiger partial charge is 0.338 e. The molecule has 0 aliphatic heterocycles. The Balaban J connectivity index is 2.14. The molecular weight excluding hydrogens is 362 g/mol. The van der Waals surface area contributed by atoms with E-state index in [-0.39, 0.29) is 24.9 Å². The topological polar surface area (TPSA) is 90.9 Å². The number of amides is 1. The van der Waals surface area contributed by atoms with Gasteiger partial charge in [0.05, 0.1) is 31.0 Å². The Hall–Kier alpha value is -2.67. The van der Waals surface area contributed by atoms with Gasteiger partial charge in [-0.25, -0.2) is 4.79 Å². The highest BCUT2D eigenvalue weighted by Crippen LogP contribution is 2.11. The number of esters is 1. The fourth-order valence-electron chi connectivity index (χ4n) is 2.23. The SMILES string of the molecule is C=C(C)OCOCCCCCCOC(=O)c1ccc(NC(=O)CC(C)=O)cc1. The summed E-state index contributed by atoms with van der Waals surface area (Å²) in [6, 6.07) is 6.37. The molecule has 0 unspecified atom stereocenters. The summed E-state index contributed by atoms with van der Waals surface area (Å²) < 4.78 is 15.6. The maximum atomic E-state index is 12.0. The van der Waals surface area contributed by atoms with Gasteiger partial charge in [0.15, 0.2) is 6.79 Å². The zero-order valence-electron chi connectivity index (χ0n) is 16.6. The monoisotopic (exact) mass is 391 g/mol. The molecule has 1 aromatic carbocycles. The number of anilines is 1. The number of ketones is 1. The highest BCUT2D eigenvalue weighted by molar-refractivity contribution is 6.03. The Morgan fingerprint density at radius 1 is 0.929 bits per heavy atom. The van der Waals surface area contributed by atoms with Crippen LogP contribution in [0.4, 0.5) is 5.69 Å². The van der Waals surface area contributed by atoms with Crippen molar-refractivity contribution in [1.82, 2.24) is 0 Å². The molecular formula is C21H29NO6. The van der Waals surface area contributed by atoms with Crippen molar-refractivity contribution < 1.29 is 28.6 Å². The first-order valence-corrected chi connectivity index (χ1v) is 9.31. The molecule has 0 aromatic heterocycles. The van der Waals surface area contributed by atoms with Gasteiger partial charge < -0.3 is 19.5 Å². The van der Waals surface area contributed by atoms with Crippen molar-refractivity contribution >= 4 is 23.3 Å². The minimum atomic E-state index is -0.401. The van der Waals surface area contributed by atoms with Crippen molar-refractivity contribution in [3.05, 3.63) is 42.2 Å². The van der Waals surface area contributed by atoms with Crippen LogP contribution in [-0.4, -0.2) is 37.7 Å². The molecule has 1 aromatic rings. The summed E-state index contributed by atoms with van der Waals surface area (Å²) >= 11 is 0. The van der Waals surface area contributed by atoms with Gasteiger partial charge in [0.25, 0.3) is 0 Å². The largest absolute Gasteiger partial charge is 0.473 e. The van der Waals surface area contributed by atoms with Crippen LogP contribution >= 0.6 is 0 Å². The number of carbonyl (C=O) groups excluding carboxylic acids is 3. The Morgan fingerprint density at radius 2 is 1.57 bits per heavy atom. The summed E-state index contributed by atoms with van der Waals surface area (Å²) in [6.07, 6.45) is 3.47. The molecule has 0 bridgehead atoms. The van der Waals surface area contributed by atoms with Crippen molar-refractivity contribution in [3.63, 3.8) is 0 Å². The number of ether oxygens (including phenoxy) is 3. The van der Waals surface area contributed by atoms with Gasteiger partial charge in [-0.15, -0.1) is 0 Å². The predicted octanol–water partition coefficient (Wildman–Crippen LogP) is 3.85. The average molecular weight is 391 g/mol. The summed E-state index contributed by atoms with van der Waals surface area (Å²) in [7, 11) is 0. The Labute approximate surface area is 166 Å². The molecule has 0 fully saturated rings. The van der Waals surface area contributed by atoms with Crippen molar-refractivity contribution in [3.8, 4) is 0 Å². The van der Waals surface area contributed by atoms with Gasteiger partial charge in [-0.3, -0.25) is 9.59 Å². The molecule has 1 amide bonds. The van der Waals surface area contributed by atoms with Crippen molar-refractivity contribution in [2.24, 2.45) is 0 Å². The highest BCUT2D eigenvalue weighted by Gasteiger charge is 2.09. The summed E-state index contributed by atoms with van der Waals surface area (Å²) in [4.78, 5) is 34.4. The van der Waals surface area contributed by atoms with E-state index in [9.17, 15) is 14.4 Å². The minimum Gasteiger partial charge on any atom is -0.473 e. The van der Waals surface area contributed by atoms with Crippen LogP contribution in [-0.2, 0) is 23.8 Å². The molecule has 0 aliphatic carbocycles. The number of allylic oxidation sites excluding steroid dienone is 1. The maximum Gasteiger partial charge on any atom is 0.338 e. The van der Waals surface area contributed by atoms with Crippen molar-refractivity contribution in [2.75, 3.05) is 25.3 Å². The first-order valence-electron chi connectivity index (χ1n) is 9.31. The van der Waals surface area contributed by atoms with E-state index in [4.69, 9.17) is 14.2 Å². The predicted molar refractivity (Wildman–Crippen MR) is 106 cm³/mol. The van der Waals surface area contributed by atoms with E-state index < -0.39 is 5.97 Å². The normalized spacial score (nSPS) is 10.2. The third-order valence-corrected chi connectivity index (χ3v) is 3.62. The zero-order valence-corrected chi connectivity index (χ0v) is 16.6. The van der Waals surface area contributed by atoms with Gasteiger partial charge >= 0.3 is 5.97 Å². The van der Waals surface area contributed by atoms with Gasteiger partial charge in [-0.1, -0.05) is 13.0 Å². The number of hydrogen-bond donors (Lipinski definition) is 1. The fourth-order valence-corrected chi connectivity index (χ4v) is 2.23. The lowest BCUT2D eigenvalue weighted by atomic mass is 10.2. The minimum absolute atomic E-state index is 0.168. The average Bonchev–Trinajstić information content (AvgIpc) is 2.62. The third-order valence-electron chi connectivity index (χ3n) is 3.62. The van der Waals surface area contributed by atoms with Crippen LogP contribution in [0.5, 0.6) is 0 Å². The standard InChI is InChI=1S/C21H29NO6/c1-16(2)28-15-26-12-6-4-5-7-13-27-21(25)18-8-10-19(11-9-18)22-20(24)14-17(3)23/h8-11H,1,4-7,12-15H2,2-3H3,(H,22,24). The number of benzene rings is 1. The molecule has 0 heterocycles. The molecule has 0 atom stereocenters. The molecule has 154 valence electrons. The second kappa shape index (κ2) is 13.5. The Bertz CT molecular complexity index is 653. The number of unbranched alkanes of at least 4 members (excludes halogenated alkanes) is 3. The van der Waals surface area contributed by atoms with Gasteiger partial charge in [0.2, 0.25) is 5.91 Å². The van der Waals surface area contributed by atoms with Crippen LogP contribution in [0.2, 0.25) is 0 Å².